The second-order valence-electron chi connectivity index (χ2n) is 6.07. The molecule has 1 atom stereocenters. The Morgan fingerprint density at radius 2 is 1.91 bits per heavy atom. The molecule has 1 aromatic carbocycles. The average Bonchev–Trinajstić information content (AvgIpc) is 2.50. The average molecular weight is 305 g/mol. The topological polar surface area (TPSA) is 64.6 Å². The number of carbonyl (C=O) groups is 1. The van der Waals surface area contributed by atoms with Gasteiger partial charge in [-0.1, -0.05) is 18.6 Å². The Morgan fingerprint density at radius 3 is 2.59 bits per heavy atom. The van der Waals surface area contributed by atoms with Crippen LogP contribution in [0.2, 0.25) is 0 Å². The highest BCUT2D eigenvalue weighted by Gasteiger charge is 2.11. The fourth-order valence-electron chi connectivity index (χ4n) is 2.82. The van der Waals surface area contributed by atoms with Crippen LogP contribution in [0.5, 0.6) is 5.75 Å². The van der Waals surface area contributed by atoms with Crippen molar-refractivity contribution in [2.75, 3.05) is 26.2 Å². The molecular formula is C17H27N3O2. The van der Waals surface area contributed by atoms with Crippen LogP contribution in [0.25, 0.3) is 0 Å². The highest BCUT2D eigenvalue weighted by Crippen LogP contribution is 2.11. The molecule has 1 fully saturated rings. The summed E-state index contributed by atoms with van der Waals surface area (Å²) in [5.41, 5.74) is 1.10. The number of urea groups is 1. The van der Waals surface area contributed by atoms with Crippen LogP contribution in [-0.4, -0.2) is 48.3 Å². The molecule has 5 heteroatoms. The minimum Gasteiger partial charge on any atom is -0.508 e. The molecule has 2 rings (SSSR count). The Hall–Kier alpha value is -1.75. The van der Waals surface area contributed by atoms with Gasteiger partial charge in [0.15, 0.2) is 0 Å². The van der Waals surface area contributed by atoms with Crippen molar-refractivity contribution in [3.05, 3.63) is 29.8 Å². The number of likely N-dealkylation sites (tertiary alicyclic amines) is 1. The van der Waals surface area contributed by atoms with Gasteiger partial charge < -0.3 is 20.6 Å². The van der Waals surface area contributed by atoms with Crippen molar-refractivity contribution in [2.24, 2.45) is 0 Å². The smallest absolute Gasteiger partial charge is 0.315 e. The lowest BCUT2D eigenvalue weighted by Gasteiger charge is -2.26. The highest BCUT2D eigenvalue weighted by atomic mass is 16.3. The second kappa shape index (κ2) is 8.63. The van der Waals surface area contributed by atoms with Gasteiger partial charge in [0, 0.05) is 19.1 Å². The van der Waals surface area contributed by atoms with Crippen molar-refractivity contribution in [1.29, 1.82) is 0 Å². The molecule has 1 heterocycles. The van der Waals surface area contributed by atoms with Crippen LogP contribution in [-0.2, 0) is 6.42 Å². The monoisotopic (exact) mass is 305 g/mol. The van der Waals surface area contributed by atoms with Crippen molar-refractivity contribution in [2.45, 2.75) is 38.6 Å². The minimum absolute atomic E-state index is 0.0551. The zero-order valence-corrected chi connectivity index (χ0v) is 13.3. The molecule has 122 valence electrons. The molecule has 22 heavy (non-hydrogen) atoms. The van der Waals surface area contributed by atoms with Gasteiger partial charge in [-0.15, -0.1) is 0 Å². The Balaban J connectivity index is 1.62. The van der Waals surface area contributed by atoms with Crippen LogP contribution >= 0.6 is 0 Å². The zero-order valence-electron chi connectivity index (χ0n) is 13.3. The normalized spacial score (nSPS) is 17.0. The SMILES string of the molecule is CC(Cc1ccc(O)cc1)NC(=O)NCCN1CCCCC1. The van der Waals surface area contributed by atoms with E-state index in [1.165, 1.54) is 19.3 Å². The van der Waals surface area contributed by atoms with E-state index in [0.717, 1.165) is 31.6 Å². The lowest BCUT2D eigenvalue weighted by molar-refractivity contribution is 0.219. The van der Waals surface area contributed by atoms with Crippen LogP contribution in [0.15, 0.2) is 24.3 Å². The zero-order chi connectivity index (χ0) is 15.8. The number of aromatic hydroxyl groups is 1. The molecule has 3 N–H and O–H groups in total. The van der Waals surface area contributed by atoms with Crippen LogP contribution in [0.1, 0.15) is 31.7 Å². The van der Waals surface area contributed by atoms with Gasteiger partial charge in [-0.25, -0.2) is 4.79 Å². The Labute approximate surface area is 132 Å². The molecule has 0 aromatic heterocycles. The predicted octanol–water partition coefficient (Wildman–Crippen LogP) is 2.11. The maximum atomic E-state index is 11.9. The molecule has 1 unspecified atom stereocenters. The van der Waals surface area contributed by atoms with Gasteiger partial charge in [-0.3, -0.25) is 0 Å². The summed E-state index contributed by atoms with van der Waals surface area (Å²) in [5.74, 6) is 0.264. The molecule has 1 aromatic rings. The van der Waals surface area contributed by atoms with E-state index in [1.54, 1.807) is 12.1 Å². The summed E-state index contributed by atoms with van der Waals surface area (Å²) >= 11 is 0. The molecule has 2 amide bonds. The summed E-state index contributed by atoms with van der Waals surface area (Å²) < 4.78 is 0. The van der Waals surface area contributed by atoms with Crippen LogP contribution in [0, 0.1) is 0 Å². The van der Waals surface area contributed by atoms with Crippen molar-refractivity contribution in [1.82, 2.24) is 15.5 Å². The molecule has 1 aliphatic heterocycles. The Bertz CT molecular complexity index is 455. The number of piperidine rings is 1. The van der Waals surface area contributed by atoms with E-state index in [9.17, 15) is 9.90 Å². The van der Waals surface area contributed by atoms with Gasteiger partial charge in [0.2, 0.25) is 0 Å². The lowest BCUT2D eigenvalue weighted by atomic mass is 10.1. The van der Waals surface area contributed by atoms with E-state index in [1.807, 2.05) is 19.1 Å². The first kappa shape index (κ1) is 16.6. The van der Waals surface area contributed by atoms with E-state index in [4.69, 9.17) is 0 Å². The largest absolute Gasteiger partial charge is 0.508 e. The van der Waals surface area contributed by atoms with Gasteiger partial charge in [0.1, 0.15) is 5.75 Å². The third kappa shape index (κ3) is 5.93. The molecule has 0 radical (unpaired) electrons. The number of benzene rings is 1. The fourth-order valence-corrected chi connectivity index (χ4v) is 2.82. The number of amides is 2. The summed E-state index contributed by atoms with van der Waals surface area (Å²) in [6.45, 7) is 5.91. The first-order chi connectivity index (χ1) is 10.6. The molecule has 0 spiro atoms. The van der Waals surface area contributed by atoms with Crippen molar-refractivity contribution in [3.63, 3.8) is 0 Å². The maximum absolute atomic E-state index is 11.9. The number of nitrogens with zero attached hydrogens (tertiary/aromatic N) is 1. The molecule has 0 aliphatic carbocycles. The third-order valence-electron chi connectivity index (χ3n) is 4.02. The van der Waals surface area contributed by atoms with Crippen LogP contribution < -0.4 is 10.6 Å². The van der Waals surface area contributed by atoms with Gasteiger partial charge in [0.05, 0.1) is 0 Å². The predicted molar refractivity (Wildman–Crippen MR) is 88.1 cm³/mol. The van der Waals surface area contributed by atoms with Crippen LogP contribution in [0.4, 0.5) is 4.79 Å². The number of nitrogens with one attached hydrogen (secondary N) is 2. The lowest BCUT2D eigenvalue weighted by Crippen LogP contribution is -2.44. The van der Waals surface area contributed by atoms with Crippen molar-refractivity contribution in [3.8, 4) is 5.75 Å². The number of phenols is 1. The van der Waals surface area contributed by atoms with Gasteiger partial charge in [-0.05, 0) is 57.0 Å². The van der Waals surface area contributed by atoms with E-state index < -0.39 is 0 Å². The molecule has 1 saturated heterocycles. The highest BCUT2D eigenvalue weighted by molar-refractivity contribution is 5.74. The third-order valence-corrected chi connectivity index (χ3v) is 4.02. The number of hydrogen-bond donors (Lipinski definition) is 3. The minimum atomic E-state index is -0.108. The summed E-state index contributed by atoms with van der Waals surface area (Å²) in [6.07, 6.45) is 4.63. The number of phenolic OH excluding ortho intramolecular Hbond substituents is 1. The molecule has 0 saturated carbocycles. The quantitative estimate of drug-likeness (QED) is 0.754. The summed E-state index contributed by atoms with van der Waals surface area (Å²) in [6, 6.07) is 7.04. The van der Waals surface area contributed by atoms with E-state index in [-0.39, 0.29) is 17.8 Å². The summed E-state index contributed by atoms with van der Waals surface area (Å²) in [5, 5.41) is 15.1. The van der Waals surface area contributed by atoms with Gasteiger partial charge >= 0.3 is 6.03 Å². The van der Waals surface area contributed by atoms with E-state index in [0.29, 0.717) is 6.54 Å². The second-order valence-corrected chi connectivity index (χ2v) is 6.07. The van der Waals surface area contributed by atoms with Gasteiger partial charge in [-0.2, -0.15) is 0 Å². The first-order valence-corrected chi connectivity index (χ1v) is 8.18. The number of carbonyl (C=O) groups excluding carboxylic acids is 1. The summed E-state index contributed by atoms with van der Waals surface area (Å²) in [4.78, 5) is 14.3. The van der Waals surface area contributed by atoms with E-state index >= 15 is 0 Å². The Morgan fingerprint density at radius 1 is 1.23 bits per heavy atom. The fraction of sp³-hybridized carbons (Fsp3) is 0.588. The standard InChI is InChI=1S/C17H27N3O2/c1-14(13-15-5-7-16(21)8-6-15)19-17(22)18-9-12-20-10-3-2-4-11-20/h5-8,14,21H,2-4,9-13H2,1H3,(H2,18,19,22). The summed E-state index contributed by atoms with van der Waals surface area (Å²) in [7, 11) is 0. The van der Waals surface area contributed by atoms with Crippen LogP contribution in [0.3, 0.4) is 0 Å². The van der Waals surface area contributed by atoms with Gasteiger partial charge in [0.25, 0.3) is 0 Å². The maximum Gasteiger partial charge on any atom is 0.315 e. The molecule has 1 aliphatic rings. The van der Waals surface area contributed by atoms with E-state index in [2.05, 4.69) is 15.5 Å². The number of rotatable bonds is 6. The number of hydrogen-bond acceptors (Lipinski definition) is 3. The Kier molecular flexibility index (Phi) is 6.52. The molecular weight excluding hydrogens is 278 g/mol. The van der Waals surface area contributed by atoms with Crippen molar-refractivity contribution < 1.29 is 9.90 Å². The molecule has 0 bridgehead atoms. The van der Waals surface area contributed by atoms with Crippen molar-refractivity contribution >= 4 is 6.03 Å². The molecule has 5 nitrogen and oxygen atoms in total. The first-order valence-electron chi connectivity index (χ1n) is 8.18.